The van der Waals surface area contributed by atoms with Gasteiger partial charge in [-0.1, -0.05) is 30.3 Å². The van der Waals surface area contributed by atoms with Gasteiger partial charge in [0.25, 0.3) is 0 Å². The average Bonchev–Trinajstić information content (AvgIpc) is 2.45. The van der Waals surface area contributed by atoms with E-state index in [1.54, 1.807) is 30.3 Å². The van der Waals surface area contributed by atoms with Gasteiger partial charge in [0.2, 0.25) is 0 Å². The number of rotatable bonds is 2. The molecule has 2 aromatic rings. The lowest BCUT2D eigenvalue weighted by molar-refractivity contribution is 0.0595. The lowest BCUT2D eigenvalue weighted by Gasteiger charge is -2.10. The first-order valence-corrected chi connectivity index (χ1v) is 5.68. The number of carbonyl (C=O) groups is 1. The van der Waals surface area contributed by atoms with Crippen molar-refractivity contribution >= 4 is 5.97 Å². The van der Waals surface area contributed by atoms with Crippen LogP contribution in [-0.4, -0.2) is 13.1 Å². The molecule has 0 fully saturated rings. The van der Waals surface area contributed by atoms with Gasteiger partial charge < -0.3 is 4.74 Å². The molecule has 0 aliphatic carbocycles. The largest absolute Gasteiger partial charge is 0.465 e. The quantitative estimate of drug-likeness (QED) is 0.771. The molecule has 2 rings (SSSR count). The van der Waals surface area contributed by atoms with Gasteiger partial charge in [-0.2, -0.15) is 0 Å². The minimum atomic E-state index is -0.885. The predicted molar refractivity (Wildman–Crippen MR) is 67.9 cm³/mol. The normalized spacial score (nSPS) is 10.3. The molecule has 0 aliphatic heterocycles. The smallest absolute Gasteiger partial charge is 0.340 e. The second-order valence-electron chi connectivity index (χ2n) is 4.08. The number of halogens is 2. The summed E-state index contributed by atoms with van der Waals surface area (Å²) in [7, 11) is 1.16. The van der Waals surface area contributed by atoms with Crippen LogP contribution in [0, 0.1) is 18.6 Å². The molecule has 0 saturated heterocycles. The zero-order valence-corrected chi connectivity index (χ0v) is 10.5. The zero-order valence-electron chi connectivity index (χ0n) is 10.5. The van der Waals surface area contributed by atoms with Crippen LogP contribution < -0.4 is 0 Å². The fourth-order valence-corrected chi connectivity index (χ4v) is 1.86. The maximum absolute atomic E-state index is 14.1. The summed E-state index contributed by atoms with van der Waals surface area (Å²) in [6.45, 7) is 1.30. The van der Waals surface area contributed by atoms with Crippen molar-refractivity contribution in [1.29, 1.82) is 0 Å². The van der Waals surface area contributed by atoms with Crippen LogP contribution in [-0.2, 0) is 4.74 Å². The van der Waals surface area contributed by atoms with Crippen molar-refractivity contribution in [2.45, 2.75) is 6.92 Å². The molecular formula is C15H12F2O2. The second kappa shape index (κ2) is 5.18. The Hall–Kier alpha value is -2.23. The Bertz CT molecular complexity index is 622. The Kier molecular flexibility index (Phi) is 3.60. The number of esters is 1. The minimum absolute atomic E-state index is 0.180. The third kappa shape index (κ3) is 2.34. The molecule has 0 heterocycles. The summed E-state index contributed by atoms with van der Waals surface area (Å²) in [4.78, 5) is 11.5. The summed E-state index contributed by atoms with van der Waals surface area (Å²) in [5.74, 6) is -2.38. The lowest BCUT2D eigenvalue weighted by Crippen LogP contribution is -2.08. The highest BCUT2D eigenvalue weighted by Crippen LogP contribution is 2.29. The van der Waals surface area contributed by atoms with Crippen LogP contribution in [0.15, 0.2) is 36.4 Å². The topological polar surface area (TPSA) is 26.3 Å². The van der Waals surface area contributed by atoms with Gasteiger partial charge in [0.1, 0.15) is 11.6 Å². The molecule has 19 heavy (non-hydrogen) atoms. The second-order valence-corrected chi connectivity index (χ2v) is 4.08. The molecule has 0 saturated carbocycles. The molecule has 0 N–H and O–H groups in total. The van der Waals surface area contributed by atoms with Crippen molar-refractivity contribution < 1.29 is 18.3 Å². The first kappa shape index (κ1) is 13.2. The Morgan fingerprint density at radius 3 is 2.32 bits per heavy atom. The number of carbonyl (C=O) groups excluding carboxylic acids is 1. The van der Waals surface area contributed by atoms with Crippen molar-refractivity contribution in [1.82, 2.24) is 0 Å². The molecule has 0 aromatic heterocycles. The van der Waals surface area contributed by atoms with Crippen molar-refractivity contribution in [2.24, 2.45) is 0 Å². The molecule has 0 atom stereocenters. The molecule has 2 aromatic carbocycles. The minimum Gasteiger partial charge on any atom is -0.465 e. The number of benzene rings is 2. The van der Waals surface area contributed by atoms with E-state index < -0.39 is 17.6 Å². The highest BCUT2D eigenvalue weighted by atomic mass is 19.1. The number of ether oxygens (including phenoxy) is 1. The first-order valence-electron chi connectivity index (χ1n) is 5.68. The molecule has 0 bridgehead atoms. The van der Waals surface area contributed by atoms with E-state index in [0.717, 1.165) is 7.11 Å². The zero-order chi connectivity index (χ0) is 14.0. The Labute approximate surface area is 109 Å². The van der Waals surface area contributed by atoms with E-state index in [4.69, 9.17) is 0 Å². The number of hydrogen-bond acceptors (Lipinski definition) is 2. The highest BCUT2D eigenvalue weighted by Gasteiger charge is 2.21. The van der Waals surface area contributed by atoms with Gasteiger partial charge in [-0.25, -0.2) is 13.6 Å². The molecule has 0 radical (unpaired) electrons. The van der Waals surface area contributed by atoms with Crippen LogP contribution in [0.5, 0.6) is 0 Å². The van der Waals surface area contributed by atoms with E-state index >= 15 is 0 Å². The highest BCUT2D eigenvalue weighted by molar-refractivity contribution is 5.91. The summed E-state index contributed by atoms with van der Waals surface area (Å²) >= 11 is 0. The molecule has 0 spiro atoms. The molecule has 0 aliphatic rings. The maximum atomic E-state index is 14.1. The molecule has 0 amide bonds. The lowest BCUT2D eigenvalue weighted by atomic mass is 9.98. The van der Waals surface area contributed by atoms with E-state index in [1.165, 1.54) is 13.0 Å². The fourth-order valence-electron chi connectivity index (χ4n) is 1.86. The number of methoxy groups -OCH3 is 1. The summed E-state index contributed by atoms with van der Waals surface area (Å²) in [5, 5.41) is 0. The van der Waals surface area contributed by atoms with Gasteiger partial charge in [0.15, 0.2) is 0 Å². The van der Waals surface area contributed by atoms with Gasteiger partial charge in [0.05, 0.1) is 12.7 Å². The first-order chi connectivity index (χ1) is 9.06. The van der Waals surface area contributed by atoms with E-state index in [0.29, 0.717) is 5.56 Å². The summed E-state index contributed by atoms with van der Waals surface area (Å²) < 4.78 is 32.5. The predicted octanol–water partition coefficient (Wildman–Crippen LogP) is 3.73. The Balaban J connectivity index is 2.69. The van der Waals surface area contributed by atoms with E-state index in [9.17, 15) is 13.6 Å². The SMILES string of the molecule is COC(=O)c1cc(-c2ccccc2)c(F)c(C)c1F. The monoisotopic (exact) mass is 262 g/mol. The number of hydrogen-bond donors (Lipinski definition) is 0. The van der Waals surface area contributed by atoms with Gasteiger partial charge in [-0.3, -0.25) is 0 Å². The van der Waals surface area contributed by atoms with Crippen molar-refractivity contribution in [3.8, 4) is 11.1 Å². The Morgan fingerprint density at radius 1 is 1.11 bits per heavy atom. The van der Waals surface area contributed by atoms with E-state index in [2.05, 4.69) is 4.74 Å². The van der Waals surface area contributed by atoms with Gasteiger partial charge in [-0.15, -0.1) is 0 Å². The van der Waals surface area contributed by atoms with Gasteiger partial charge in [-0.05, 0) is 18.6 Å². The molecule has 4 heteroatoms. The fraction of sp³-hybridized carbons (Fsp3) is 0.133. The third-order valence-corrected chi connectivity index (χ3v) is 2.91. The van der Waals surface area contributed by atoms with Crippen LogP contribution in [0.4, 0.5) is 8.78 Å². The molecule has 0 unspecified atom stereocenters. The van der Waals surface area contributed by atoms with E-state index in [-0.39, 0.29) is 16.7 Å². The van der Waals surface area contributed by atoms with E-state index in [1.807, 2.05) is 0 Å². The standard InChI is InChI=1S/C15H12F2O2/c1-9-13(16)11(10-6-4-3-5-7-10)8-12(14(9)17)15(18)19-2/h3-8H,1-2H3. The van der Waals surface area contributed by atoms with Crippen molar-refractivity contribution in [3.63, 3.8) is 0 Å². The van der Waals surface area contributed by atoms with Crippen molar-refractivity contribution in [2.75, 3.05) is 7.11 Å². The maximum Gasteiger partial charge on any atom is 0.340 e. The van der Waals surface area contributed by atoms with Gasteiger partial charge >= 0.3 is 5.97 Å². The van der Waals surface area contributed by atoms with Crippen LogP contribution >= 0.6 is 0 Å². The van der Waals surface area contributed by atoms with Crippen LogP contribution in [0.1, 0.15) is 15.9 Å². The summed E-state index contributed by atoms with van der Waals surface area (Å²) in [6.07, 6.45) is 0. The van der Waals surface area contributed by atoms with Crippen LogP contribution in [0.2, 0.25) is 0 Å². The van der Waals surface area contributed by atoms with Crippen LogP contribution in [0.25, 0.3) is 11.1 Å². The molecule has 2 nitrogen and oxygen atoms in total. The summed E-state index contributed by atoms with van der Waals surface area (Å²) in [6, 6.07) is 9.84. The van der Waals surface area contributed by atoms with Gasteiger partial charge in [0, 0.05) is 11.1 Å². The third-order valence-electron chi connectivity index (χ3n) is 2.91. The Morgan fingerprint density at radius 2 is 1.74 bits per heavy atom. The van der Waals surface area contributed by atoms with Crippen molar-refractivity contribution in [3.05, 3.63) is 59.2 Å². The molecular weight excluding hydrogens is 250 g/mol. The average molecular weight is 262 g/mol. The molecule has 98 valence electrons. The van der Waals surface area contributed by atoms with Crippen LogP contribution in [0.3, 0.4) is 0 Å². The summed E-state index contributed by atoms with van der Waals surface area (Å²) in [5.41, 5.74) is 0.301.